The van der Waals surface area contributed by atoms with Gasteiger partial charge in [0.2, 0.25) is 5.88 Å². The molecule has 0 radical (unpaired) electrons. The van der Waals surface area contributed by atoms with E-state index < -0.39 is 0 Å². The van der Waals surface area contributed by atoms with E-state index in [0.29, 0.717) is 24.8 Å². The van der Waals surface area contributed by atoms with Crippen molar-refractivity contribution in [2.75, 3.05) is 45.3 Å². The minimum absolute atomic E-state index is 0.0807. The second-order valence-corrected chi connectivity index (χ2v) is 7.39. The summed E-state index contributed by atoms with van der Waals surface area (Å²) in [6.45, 7) is 10.7. The molecule has 7 nitrogen and oxygen atoms in total. The summed E-state index contributed by atoms with van der Waals surface area (Å²) in [6.07, 6.45) is 2.87. The molecule has 1 aliphatic rings. The molecule has 1 fully saturated rings. The van der Waals surface area contributed by atoms with Crippen molar-refractivity contribution in [2.24, 2.45) is 11.8 Å². The highest BCUT2D eigenvalue weighted by atomic mass is 16.5. The molecular weight excluding hydrogens is 332 g/mol. The van der Waals surface area contributed by atoms with Crippen LogP contribution in [-0.2, 0) is 4.74 Å². The lowest BCUT2D eigenvalue weighted by molar-refractivity contribution is 0.132. The van der Waals surface area contributed by atoms with E-state index in [4.69, 9.17) is 9.47 Å². The van der Waals surface area contributed by atoms with Crippen LogP contribution in [0.15, 0.2) is 18.3 Å². The van der Waals surface area contributed by atoms with Crippen molar-refractivity contribution in [3.63, 3.8) is 0 Å². The number of urea groups is 1. The SMILES string of the molecule is COCCOc1ccc(NC(=O)NC(C)CN2CC(C)CC(C)C2)cn1. The lowest BCUT2D eigenvalue weighted by Gasteiger charge is -2.36. The van der Waals surface area contributed by atoms with Crippen LogP contribution < -0.4 is 15.4 Å². The molecule has 1 aromatic rings. The van der Waals surface area contributed by atoms with Crippen molar-refractivity contribution in [2.45, 2.75) is 33.2 Å². The van der Waals surface area contributed by atoms with Gasteiger partial charge in [0.05, 0.1) is 18.5 Å². The number of likely N-dealkylation sites (tertiary alicyclic amines) is 1. The van der Waals surface area contributed by atoms with Gasteiger partial charge in [0.25, 0.3) is 0 Å². The number of carbonyl (C=O) groups is 1. The van der Waals surface area contributed by atoms with E-state index in [1.165, 1.54) is 6.42 Å². The molecule has 0 saturated carbocycles. The number of pyridine rings is 1. The van der Waals surface area contributed by atoms with Crippen molar-refractivity contribution in [1.82, 2.24) is 15.2 Å². The van der Waals surface area contributed by atoms with Crippen LogP contribution in [0.4, 0.5) is 10.5 Å². The number of methoxy groups -OCH3 is 1. The zero-order valence-corrected chi connectivity index (χ0v) is 16.3. The highest BCUT2D eigenvalue weighted by molar-refractivity contribution is 5.89. The number of ether oxygens (including phenoxy) is 2. The lowest BCUT2D eigenvalue weighted by Crippen LogP contribution is -2.47. The smallest absolute Gasteiger partial charge is 0.319 e. The summed E-state index contributed by atoms with van der Waals surface area (Å²) in [5.41, 5.74) is 0.633. The van der Waals surface area contributed by atoms with E-state index in [1.54, 1.807) is 25.4 Å². The minimum atomic E-state index is -0.217. The van der Waals surface area contributed by atoms with Gasteiger partial charge in [-0.05, 0) is 31.2 Å². The predicted octanol–water partition coefficient (Wildman–Crippen LogP) is 2.59. The Bertz CT molecular complexity index is 542. The second-order valence-electron chi connectivity index (χ2n) is 7.39. The van der Waals surface area contributed by atoms with E-state index in [9.17, 15) is 4.79 Å². The highest BCUT2D eigenvalue weighted by Gasteiger charge is 2.23. The van der Waals surface area contributed by atoms with Crippen LogP contribution >= 0.6 is 0 Å². The maximum atomic E-state index is 12.2. The maximum absolute atomic E-state index is 12.2. The van der Waals surface area contributed by atoms with Gasteiger partial charge in [-0.3, -0.25) is 0 Å². The molecule has 146 valence electrons. The third-order valence-corrected chi connectivity index (χ3v) is 4.39. The minimum Gasteiger partial charge on any atom is -0.475 e. The van der Waals surface area contributed by atoms with Gasteiger partial charge in [0.15, 0.2) is 0 Å². The first-order valence-electron chi connectivity index (χ1n) is 9.34. The molecule has 0 aromatic carbocycles. The standard InChI is InChI=1S/C19H32N4O3/c1-14-9-15(2)12-23(11-14)13-16(3)21-19(24)22-17-5-6-18(20-10-17)26-8-7-25-4/h5-6,10,14-16H,7-9,11-13H2,1-4H3,(H2,21,22,24). The fourth-order valence-corrected chi connectivity index (χ4v) is 3.53. The lowest BCUT2D eigenvalue weighted by atomic mass is 9.92. The maximum Gasteiger partial charge on any atom is 0.319 e. The number of rotatable bonds is 8. The van der Waals surface area contributed by atoms with Crippen LogP contribution in [0.3, 0.4) is 0 Å². The molecule has 2 N–H and O–H groups in total. The van der Waals surface area contributed by atoms with Gasteiger partial charge in [-0.15, -0.1) is 0 Å². The van der Waals surface area contributed by atoms with Crippen molar-refractivity contribution < 1.29 is 14.3 Å². The van der Waals surface area contributed by atoms with Crippen molar-refractivity contribution in [3.05, 3.63) is 18.3 Å². The number of aromatic nitrogens is 1. The molecule has 3 unspecified atom stereocenters. The van der Waals surface area contributed by atoms with Crippen LogP contribution in [-0.4, -0.2) is 61.9 Å². The first kappa shape index (κ1) is 20.5. The molecule has 1 saturated heterocycles. The average molecular weight is 364 g/mol. The van der Waals surface area contributed by atoms with E-state index in [0.717, 1.165) is 31.5 Å². The fourth-order valence-electron chi connectivity index (χ4n) is 3.53. The largest absolute Gasteiger partial charge is 0.475 e. The first-order valence-corrected chi connectivity index (χ1v) is 9.34. The van der Waals surface area contributed by atoms with E-state index in [2.05, 4.69) is 34.4 Å². The molecule has 0 aliphatic carbocycles. The van der Waals surface area contributed by atoms with Crippen LogP contribution in [0.5, 0.6) is 5.88 Å². The molecule has 7 heteroatoms. The van der Waals surface area contributed by atoms with Gasteiger partial charge in [-0.1, -0.05) is 13.8 Å². The van der Waals surface area contributed by atoms with Crippen molar-refractivity contribution >= 4 is 11.7 Å². The summed E-state index contributed by atoms with van der Waals surface area (Å²) in [6, 6.07) is 3.36. The number of anilines is 1. The van der Waals surface area contributed by atoms with Gasteiger partial charge in [0, 0.05) is 38.9 Å². The molecule has 0 spiro atoms. The number of piperidine rings is 1. The quantitative estimate of drug-likeness (QED) is 0.694. The Balaban J connectivity index is 1.73. The summed E-state index contributed by atoms with van der Waals surface area (Å²) >= 11 is 0. The van der Waals surface area contributed by atoms with Crippen LogP contribution in [0.1, 0.15) is 27.2 Å². The molecule has 2 rings (SSSR count). The molecule has 2 heterocycles. The third kappa shape index (κ3) is 7.17. The summed E-state index contributed by atoms with van der Waals surface area (Å²) in [4.78, 5) is 18.8. The number of nitrogens with one attached hydrogen (secondary N) is 2. The third-order valence-electron chi connectivity index (χ3n) is 4.39. The summed E-state index contributed by atoms with van der Waals surface area (Å²) in [5.74, 6) is 1.95. The Kier molecular flexibility index (Phi) is 8.12. The zero-order chi connectivity index (χ0) is 18.9. The molecule has 1 aromatic heterocycles. The van der Waals surface area contributed by atoms with Crippen LogP contribution in [0.25, 0.3) is 0 Å². The highest BCUT2D eigenvalue weighted by Crippen LogP contribution is 2.20. The Morgan fingerprint density at radius 1 is 1.31 bits per heavy atom. The van der Waals surface area contributed by atoms with E-state index >= 15 is 0 Å². The number of hydrogen-bond donors (Lipinski definition) is 2. The molecule has 1 aliphatic heterocycles. The Hall–Kier alpha value is -1.86. The zero-order valence-electron chi connectivity index (χ0n) is 16.3. The van der Waals surface area contributed by atoms with Gasteiger partial charge < -0.3 is 25.0 Å². The number of nitrogens with zero attached hydrogens (tertiary/aromatic N) is 2. The number of hydrogen-bond acceptors (Lipinski definition) is 5. The first-order chi connectivity index (χ1) is 12.5. The number of carbonyl (C=O) groups excluding carboxylic acids is 1. The van der Waals surface area contributed by atoms with Gasteiger partial charge in [0.1, 0.15) is 6.61 Å². The Morgan fingerprint density at radius 2 is 2.04 bits per heavy atom. The van der Waals surface area contributed by atoms with Crippen LogP contribution in [0, 0.1) is 11.8 Å². The molecule has 26 heavy (non-hydrogen) atoms. The normalized spacial score (nSPS) is 21.8. The van der Waals surface area contributed by atoms with Crippen molar-refractivity contribution in [3.8, 4) is 5.88 Å². The van der Waals surface area contributed by atoms with Gasteiger partial charge in [-0.25, -0.2) is 9.78 Å². The second kappa shape index (κ2) is 10.3. The monoisotopic (exact) mass is 364 g/mol. The average Bonchev–Trinajstić information content (AvgIpc) is 2.55. The molecule has 0 bridgehead atoms. The Morgan fingerprint density at radius 3 is 2.65 bits per heavy atom. The summed E-state index contributed by atoms with van der Waals surface area (Å²) in [5, 5.41) is 5.81. The summed E-state index contributed by atoms with van der Waals surface area (Å²) < 4.78 is 10.3. The molecule has 2 amide bonds. The number of amides is 2. The predicted molar refractivity (Wildman–Crippen MR) is 103 cm³/mol. The van der Waals surface area contributed by atoms with E-state index in [-0.39, 0.29) is 12.1 Å². The fraction of sp³-hybridized carbons (Fsp3) is 0.684. The van der Waals surface area contributed by atoms with Gasteiger partial charge in [-0.2, -0.15) is 0 Å². The van der Waals surface area contributed by atoms with Gasteiger partial charge >= 0.3 is 6.03 Å². The molecule has 3 atom stereocenters. The van der Waals surface area contributed by atoms with E-state index in [1.807, 2.05) is 6.92 Å². The van der Waals surface area contributed by atoms with Crippen molar-refractivity contribution in [1.29, 1.82) is 0 Å². The topological polar surface area (TPSA) is 75.7 Å². The summed E-state index contributed by atoms with van der Waals surface area (Å²) in [7, 11) is 1.62. The van der Waals surface area contributed by atoms with Crippen LogP contribution in [0.2, 0.25) is 0 Å². The molecular formula is C19H32N4O3. The Labute approximate surface area is 156 Å².